The van der Waals surface area contributed by atoms with Crippen molar-refractivity contribution in [2.24, 2.45) is 0 Å². The van der Waals surface area contributed by atoms with Crippen molar-refractivity contribution < 1.29 is 0 Å². The van der Waals surface area contributed by atoms with Crippen LogP contribution in [0.3, 0.4) is 0 Å². The molecule has 1 aromatic heterocycles. The van der Waals surface area contributed by atoms with Crippen LogP contribution in [0.5, 0.6) is 0 Å². The molecule has 1 fully saturated rings. The maximum absolute atomic E-state index is 5.65. The molecule has 4 heteroatoms. The largest absolute Gasteiger partial charge is 0.382 e. The van der Waals surface area contributed by atoms with E-state index in [0.717, 1.165) is 18.3 Å². The van der Waals surface area contributed by atoms with E-state index in [1.165, 1.54) is 25.8 Å². The van der Waals surface area contributed by atoms with Crippen LogP contribution in [-0.4, -0.2) is 34.3 Å². The maximum Gasteiger partial charge on any atom is 0.145 e. The summed E-state index contributed by atoms with van der Waals surface area (Å²) in [6.07, 6.45) is 3.84. The van der Waals surface area contributed by atoms with Crippen molar-refractivity contribution in [3.05, 3.63) is 11.8 Å². The lowest BCUT2D eigenvalue weighted by atomic mass is 10.1. The van der Waals surface area contributed by atoms with Gasteiger partial charge in [0.2, 0.25) is 0 Å². The van der Waals surface area contributed by atoms with Crippen LogP contribution in [0.2, 0.25) is 0 Å². The number of likely N-dealkylation sites (tertiary alicyclic amines) is 1. The van der Waals surface area contributed by atoms with Gasteiger partial charge in [0.1, 0.15) is 5.82 Å². The molecule has 1 aliphatic rings. The highest BCUT2D eigenvalue weighted by molar-refractivity contribution is 5.28. The minimum Gasteiger partial charge on any atom is -0.382 e. The van der Waals surface area contributed by atoms with E-state index in [2.05, 4.69) is 24.0 Å². The Hall–Kier alpha value is -1.03. The molecule has 0 radical (unpaired) electrons. The molecule has 0 aliphatic carbocycles. The predicted octanol–water partition coefficient (Wildman–Crippen LogP) is 1.26. The van der Waals surface area contributed by atoms with Crippen LogP contribution in [0.1, 0.15) is 25.0 Å². The van der Waals surface area contributed by atoms with Gasteiger partial charge in [-0.15, -0.1) is 0 Å². The summed E-state index contributed by atoms with van der Waals surface area (Å²) in [7, 11) is 2.21. The number of nitrogens with zero attached hydrogens (tertiary/aromatic N) is 3. The third kappa shape index (κ3) is 2.31. The predicted molar refractivity (Wildman–Crippen MR) is 61.6 cm³/mol. The van der Waals surface area contributed by atoms with E-state index in [1.54, 1.807) is 0 Å². The molecular formula is C11H20N4. The molecule has 0 bridgehead atoms. The van der Waals surface area contributed by atoms with Gasteiger partial charge in [-0.3, -0.25) is 4.68 Å². The molecular weight excluding hydrogens is 188 g/mol. The first-order valence-corrected chi connectivity index (χ1v) is 5.67. The number of aromatic nitrogens is 2. The lowest BCUT2D eigenvalue weighted by molar-refractivity contribution is 0.282. The van der Waals surface area contributed by atoms with Crippen LogP contribution in [0.4, 0.5) is 5.82 Å². The molecule has 1 aliphatic heterocycles. The third-order valence-electron chi connectivity index (χ3n) is 3.35. The highest BCUT2D eigenvalue weighted by Crippen LogP contribution is 2.18. The standard InChI is InChI=1S/C11H20N4/c1-9-8-11(12)13-15(9)7-5-10-4-3-6-14(10)2/h8,10H,3-7H2,1-2H3,(H2,12,13). The molecule has 1 atom stereocenters. The van der Waals surface area contributed by atoms with Crippen molar-refractivity contribution >= 4 is 5.82 Å². The highest BCUT2D eigenvalue weighted by atomic mass is 15.3. The van der Waals surface area contributed by atoms with Gasteiger partial charge in [0.05, 0.1) is 0 Å². The summed E-state index contributed by atoms with van der Waals surface area (Å²) in [5.74, 6) is 0.632. The fraction of sp³-hybridized carbons (Fsp3) is 0.727. The van der Waals surface area contributed by atoms with Gasteiger partial charge in [-0.1, -0.05) is 0 Å². The zero-order valence-corrected chi connectivity index (χ0v) is 9.61. The van der Waals surface area contributed by atoms with Crippen molar-refractivity contribution in [3.8, 4) is 0 Å². The van der Waals surface area contributed by atoms with Crippen molar-refractivity contribution in [1.29, 1.82) is 0 Å². The van der Waals surface area contributed by atoms with Gasteiger partial charge in [0.15, 0.2) is 0 Å². The molecule has 0 amide bonds. The van der Waals surface area contributed by atoms with Gasteiger partial charge in [-0.25, -0.2) is 0 Å². The molecule has 15 heavy (non-hydrogen) atoms. The molecule has 1 unspecified atom stereocenters. The summed E-state index contributed by atoms with van der Waals surface area (Å²) < 4.78 is 2.02. The zero-order valence-electron chi connectivity index (χ0n) is 9.61. The molecule has 2 rings (SSSR count). The number of aryl methyl sites for hydroxylation is 2. The quantitative estimate of drug-likeness (QED) is 0.813. The third-order valence-corrected chi connectivity index (χ3v) is 3.35. The summed E-state index contributed by atoms with van der Waals surface area (Å²) in [5, 5.41) is 4.27. The van der Waals surface area contributed by atoms with E-state index in [0.29, 0.717) is 5.82 Å². The first kappa shape index (κ1) is 10.5. The Morgan fingerprint density at radius 3 is 2.93 bits per heavy atom. The van der Waals surface area contributed by atoms with E-state index < -0.39 is 0 Å². The van der Waals surface area contributed by atoms with Crippen molar-refractivity contribution in [2.75, 3.05) is 19.3 Å². The number of anilines is 1. The van der Waals surface area contributed by atoms with E-state index >= 15 is 0 Å². The Labute approximate surface area is 91.1 Å². The number of hydrogen-bond donors (Lipinski definition) is 1. The summed E-state index contributed by atoms with van der Waals surface area (Å²) in [4.78, 5) is 2.45. The van der Waals surface area contributed by atoms with Crippen LogP contribution < -0.4 is 5.73 Å². The first-order chi connectivity index (χ1) is 7.16. The van der Waals surface area contributed by atoms with E-state index in [1.807, 2.05) is 10.7 Å². The molecule has 0 saturated carbocycles. The molecule has 1 saturated heterocycles. The maximum atomic E-state index is 5.65. The summed E-state index contributed by atoms with van der Waals surface area (Å²) in [5.41, 5.74) is 6.81. The Bertz CT molecular complexity index is 331. The molecule has 2 heterocycles. The molecule has 2 N–H and O–H groups in total. The Kier molecular flexibility index (Phi) is 2.95. The summed E-state index contributed by atoms with van der Waals surface area (Å²) >= 11 is 0. The van der Waals surface area contributed by atoms with E-state index in [4.69, 9.17) is 5.73 Å². The van der Waals surface area contributed by atoms with Gasteiger partial charge >= 0.3 is 0 Å². The second-order valence-electron chi connectivity index (χ2n) is 4.50. The summed E-state index contributed by atoms with van der Waals surface area (Å²) in [6, 6.07) is 2.66. The second kappa shape index (κ2) is 4.23. The average Bonchev–Trinajstić information content (AvgIpc) is 2.70. The van der Waals surface area contributed by atoms with Crippen molar-refractivity contribution in [3.63, 3.8) is 0 Å². The van der Waals surface area contributed by atoms with Crippen LogP contribution >= 0.6 is 0 Å². The van der Waals surface area contributed by atoms with Crippen LogP contribution in [0, 0.1) is 6.92 Å². The Balaban J connectivity index is 1.90. The van der Waals surface area contributed by atoms with E-state index in [9.17, 15) is 0 Å². The number of hydrogen-bond acceptors (Lipinski definition) is 3. The monoisotopic (exact) mass is 208 g/mol. The van der Waals surface area contributed by atoms with Gasteiger partial charge in [-0.05, 0) is 39.8 Å². The average molecular weight is 208 g/mol. The fourth-order valence-corrected chi connectivity index (χ4v) is 2.38. The van der Waals surface area contributed by atoms with Crippen molar-refractivity contribution in [2.45, 2.75) is 38.8 Å². The molecule has 1 aromatic rings. The molecule has 84 valence electrons. The topological polar surface area (TPSA) is 47.1 Å². The second-order valence-corrected chi connectivity index (χ2v) is 4.50. The molecule has 4 nitrogen and oxygen atoms in total. The van der Waals surface area contributed by atoms with Crippen molar-refractivity contribution in [1.82, 2.24) is 14.7 Å². The fourth-order valence-electron chi connectivity index (χ4n) is 2.38. The van der Waals surface area contributed by atoms with Crippen LogP contribution in [0.15, 0.2) is 6.07 Å². The zero-order chi connectivity index (χ0) is 10.8. The summed E-state index contributed by atoms with van der Waals surface area (Å²) in [6.45, 7) is 4.28. The van der Waals surface area contributed by atoms with Gasteiger partial charge in [0, 0.05) is 24.3 Å². The van der Waals surface area contributed by atoms with Gasteiger partial charge in [-0.2, -0.15) is 5.10 Å². The molecule has 0 spiro atoms. The van der Waals surface area contributed by atoms with Crippen LogP contribution in [-0.2, 0) is 6.54 Å². The number of rotatable bonds is 3. The smallest absolute Gasteiger partial charge is 0.145 e. The Morgan fingerprint density at radius 1 is 1.60 bits per heavy atom. The highest BCUT2D eigenvalue weighted by Gasteiger charge is 2.20. The van der Waals surface area contributed by atoms with Gasteiger partial charge < -0.3 is 10.6 Å². The number of nitrogens with two attached hydrogens (primary N) is 1. The molecule has 0 aromatic carbocycles. The number of nitrogen functional groups attached to an aromatic ring is 1. The van der Waals surface area contributed by atoms with E-state index in [-0.39, 0.29) is 0 Å². The lowest BCUT2D eigenvalue weighted by Gasteiger charge is -2.19. The lowest BCUT2D eigenvalue weighted by Crippen LogP contribution is -2.26. The minimum atomic E-state index is 0.632. The normalized spacial score (nSPS) is 22.4. The minimum absolute atomic E-state index is 0.632. The van der Waals surface area contributed by atoms with Crippen LogP contribution in [0.25, 0.3) is 0 Å². The first-order valence-electron chi connectivity index (χ1n) is 5.67. The Morgan fingerprint density at radius 2 is 2.40 bits per heavy atom. The SMILES string of the molecule is Cc1cc(N)nn1CCC1CCCN1C. The van der Waals surface area contributed by atoms with Gasteiger partial charge in [0.25, 0.3) is 0 Å².